The lowest BCUT2D eigenvalue weighted by Gasteiger charge is -2.08. The molecule has 0 amide bonds. The van der Waals surface area contributed by atoms with Crippen LogP contribution in [-0.4, -0.2) is 25.1 Å². The highest BCUT2D eigenvalue weighted by Crippen LogP contribution is 2.24. The maximum atomic E-state index is 12.6. The average molecular weight is 451 g/mol. The second kappa shape index (κ2) is 9.11. The lowest BCUT2D eigenvalue weighted by Crippen LogP contribution is -2.06. The minimum atomic E-state index is -1.20. The van der Waals surface area contributed by atoms with Crippen LogP contribution in [0, 0.1) is 13.8 Å². The molecule has 1 heterocycles. The van der Waals surface area contributed by atoms with Crippen LogP contribution < -0.4 is 0 Å². The highest BCUT2D eigenvalue weighted by molar-refractivity contribution is 7.84. The lowest BCUT2D eigenvalue weighted by molar-refractivity contribution is -0.136. The Bertz CT molecular complexity index is 1080. The van der Waals surface area contributed by atoms with Gasteiger partial charge in [-0.05, 0) is 49.2 Å². The molecule has 0 aliphatic carbocycles. The smallest absolute Gasteiger partial charge is 0.307 e. The minimum Gasteiger partial charge on any atom is -0.481 e. The zero-order chi connectivity index (χ0) is 21.1. The van der Waals surface area contributed by atoms with E-state index in [0.29, 0.717) is 22.3 Å². The van der Waals surface area contributed by atoms with Crippen molar-refractivity contribution < 1.29 is 14.1 Å². The largest absolute Gasteiger partial charge is 0.481 e. The molecule has 2 aromatic carbocycles. The second-order valence-electron chi connectivity index (χ2n) is 6.76. The number of rotatable bonds is 7. The van der Waals surface area contributed by atoms with Crippen molar-refractivity contribution in [2.24, 2.45) is 0 Å². The molecule has 8 heteroatoms. The number of aromatic nitrogens is 2. The number of hydrogen-bond acceptors (Lipinski definition) is 3. The molecule has 0 fully saturated rings. The number of carboxylic acids is 1. The summed E-state index contributed by atoms with van der Waals surface area (Å²) in [5.74, 6) is -0.517. The topological polar surface area (TPSA) is 72.2 Å². The first-order valence-electron chi connectivity index (χ1n) is 8.90. The van der Waals surface area contributed by atoms with E-state index in [1.54, 1.807) is 16.8 Å². The fourth-order valence-electron chi connectivity index (χ4n) is 3.08. The first-order chi connectivity index (χ1) is 13.7. The van der Waals surface area contributed by atoms with E-state index in [1.807, 2.05) is 44.2 Å². The summed E-state index contributed by atoms with van der Waals surface area (Å²) in [6, 6.07) is 12.8. The first-order valence-corrected chi connectivity index (χ1v) is 11.0. The van der Waals surface area contributed by atoms with E-state index in [2.05, 4.69) is 5.10 Å². The summed E-state index contributed by atoms with van der Waals surface area (Å²) >= 11 is 11.9. The Morgan fingerprint density at radius 2 is 1.72 bits per heavy atom. The molecule has 0 aliphatic rings. The van der Waals surface area contributed by atoms with E-state index >= 15 is 0 Å². The van der Waals surface area contributed by atoms with Crippen molar-refractivity contribution in [3.05, 3.63) is 80.6 Å². The molecule has 1 N–H and O–H groups in total. The highest BCUT2D eigenvalue weighted by atomic mass is 35.5. The van der Waals surface area contributed by atoms with Gasteiger partial charge in [-0.2, -0.15) is 5.10 Å². The summed E-state index contributed by atoms with van der Waals surface area (Å²) in [5, 5.41) is 14.4. The molecular weight excluding hydrogens is 431 g/mol. The number of hydrogen-bond donors (Lipinski definition) is 1. The molecule has 152 valence electrons. The van der Waals surface area contributed by atoms with Crippen LogP contribution in [0.4, 0.5) is 0 Å². The predicted molar refractivity (Wildman–Crippen MR) is 115 cm³/mol. The van der Waals surface area contributed by atoms with Crippen molar-refractivity contribution in [3.8, 4) is 0 Å². The van der Waals surface area contributed by atoms with E-state index in [-0.39, 0.29) is 6.42 Å². The van der Waals surface area contributed by atoms with E-state index in [1.165, 1.54) is 0 Å². The summed E-state index contributed by atoms with van der Waals surface area (Å²) in [7, 11) is -1.20. The molecule has 5 nitrogen and oxygen atoms in total. The summed E-state index contributed by atoms with van der Waals surface area (Å²) in [5.41, 5.74) is 4.17. The molecule has 3 aromatic rings. The van der Waals surface area contributed by atoms with Crippen LogP contribution in [-0.2, 0) is 34.3 Å². The molecular formula is C21H20Cl2N2O3S. The first kappa shape index (κ1) is 21.6. The Morgan fingerprint density at radius 3 is 2.34 bits per heavy atom. The van der Waals surface area contributed by atoms with Gasteiger partial charge in [0.2, 0.25) is 0 Å². The summed E-state index contributed by atoms with van der Waals surface area (Å²) in [6.45, 7) is 4.21. The molecule has 0 radical (unpaired) electrons. The number of benzene rings is 2. The fraction of sp³-hybridized carbons (Fsp3) is 0.238. The van der Waals surface area contributed by atoms with Crippen molar-refractivity contribution in [1.82, 2.24) is 9.78 Å². The van der Waals surface area contributed by atoms with Gasteiger partial charge in [-0.15, -0.1) is 0 Å². The standard InChI is InChI=1S/C21H20Cl2N2O3S/c1-13-18(10-21(26)27)14(2)25(24-13)11-15-3-6-17(7-4-15)29(28)12-16-5-8-19(22)20(23)9-16/h3-9H,10-12H2,1-2H3,(H,26,27). The lowest BCUT2D eigenvalue weighted by atomic mass is 10.1. The molecule has 0 bridgehead atoms. The van der Waals surface area contributed by atoms with Crippen LogP contribution in [0.2, 0.25) is 10.0 Å². The third-order valence-electron chi connectivity index (χ3n) is 4.66. The number of carbonyl (C=O) groups is 1. The van der Waals surface area contributed by atoms with Crippen molar-refractivity contribution in [2.45, 2.75) is 37.5 Å². The fourth-order valence-corrected chi connectivity index (χ4v) is 4.49. The minimum absolute atomic E-state index is 0.0374. The predicted octanol–water partition coefficient (Wildman–Crippen LogP) is 4.79. The van der Waals surface area contributed by atoms with Crippen LogP contribution >= 0.6 is 23.2 Å². The van der Waals surface area contributed by atoms with Crippen LogP contribution in [0.1, 0.15) is 28.1 Å². The van der Waals surface area contributed by atoms with E-state index < -0.39 is 16.8 Å². The Balaban J connectivity index is 1.71. The van der Waals surface area contributed by atoms with Gasteiger partial charge in [0.05, 0.1) is 45.3 Å². The van der Waals surface area contributed by atoms with E-state index in [9.17, 15) is 9.00 Å². The zero-order valence-electron chi connectivity index (χ0n) is 16.0. The number of carboxylic acid groups (broad SMARTS) is 1. The molecule has 1 aromatic heterocycles. The van der Waals surface area contributed by atoms with Crippen LogP contribution in [0.25, 0.3) is 0 Å². The Kier molecular flexibility index (Phi) is 6.77. The Hall–Kier alpha value is -2.15. The number of aliphatic carboxylic acids is 1. The third kappa shape index (κ3) is 5.26. The number of aryl methyl sites for hydroxylation is 1. The number of nitrogens with zero attached hydrogens (tertiary/aromatic N) is 2. The highest BCUT2D eigenvalue weighted by Gasteiger charge is 2.15. The van der Waals surface area contributed by atoms with Gasteiger partial charge in [0.1, 0.15) is 0 Å². The van der Waals surface area contributed by atoms with Gasteiger partial charge in [-0.3, -0.25) is 13.7 Å². The van der Waals surface area contributed by atoms with Gasteiger partial charge >= 0.3 is 5.97 Å². The SMILES string of the molecule is Cc1nn(Cc2ccc(S(=O)Cc3ccc(Cl)c(Cl)c3)cc2)c(C)c1CC(=O)O. The van der Waals surface area contributed by atoms with E-state index in [4.69, 9.17) is 28.3 Å². The Morgan fingerprint density at radius 1 is 1.07 bits per heavy atom. The van der Waals surface area contributed by atoms with Gasteiger partial charge < -0.3 is 5.11 Å². The van der Waals surface area contributed by atoms with Crippen molar-refractivity contribution in [3.63, 3.8) is 0 Å². The van der Waals surface area contributed by atoms with Crippen molar-refractivity contribution in [2.75, 3.05) is 0 Å². The average Bonchev–Trinajstić information content (AvgIpc) is 2.92. The van der Waals surface area contributed by atoms with Crippen LogP contribution in [0.3, 0.4) is 0 Å². The summed E-state index contributed by atoms with van der Waals surface area (Å²) in [4.78, 5) is 11.8. The maximum absolute atomic E-state index is 12.6. The maximum Gasteiger partial charge on any atom is 0.307 e. The molecule has 0 saturated heterocycles. The van der Waals surface area contributed by atoms with Gasteiger partial charge in [-0.1, -0.05) is 41.4 Å². The van der Waals surface area contributed by atoms with Gasteiger partial charge in [0, 0.05) is 16.2 Å². The molecule has 0 saturated carbocycles. The molecule has 0 spiro atoms. The van der Waals surface area contributed by atoms with Crippen molar-refractivity contribution in [1.29, 1.82) is 0 Å². The zero-order valence-corrected chi connectivity index (χ0v) is 18.3. The monoisotopic (exact) mass is 450 g/mol. The van der Waals surface area contributed by atoms with Gasteiger partial charge in [-0.25, -0.2) is 0 Å². The molecule has 0 aliphatic heterocycles. The third-order valence-corrected chi connectivity index (χ3v) is 6.79. The van der Waals surface area contributed by atoms with Gasteiger partial charge in [0.25, 0.3) is 0 Å². The van der Waals surface area contributed by atoms with Crippen molar-refractivity contribution >= 4 is 40.0 Å². The summed E-state index contributed by atoms with van der Waals surface area (Å²) < 4.78 is 14.4. The normalized spacial score (nSPS) is 12.1. The molecule has 3 rings (SSSR count). The molecule has 29 heavy (non-hydrogen) atoms. The number of halogens is 2. The quantitative estimate of drug-likeness (QED) is 0.561. The van der Waals surface area contributed by atoms with Crippen LogP contribution in [0.15, 0.2) is 47.4 Å². The molecule has 1 unspecified atom stereocenters. The molecule has 1 atom stereocenters. The van der Waals surface area contributed by atoms with Crippen LogP contribution in [0.5, 0.6) is 0 Å². The Labute approximate surface area is 181 Å². The second-order valence-corrected chi connectivity index (χ2v) is 9.03. The van der Waals surface area contributed by atoms with E-state index in [0.717, 1.165) is 33.0 Å². The van der Waals surface area contributed by atoms with Gasteiger partial charge in [0.15, 0.2) is 0 Å². The summed E-state index contributed by atoms with van der Waals surface area (Å²) in [6.07, 6.45) is -0.0374.